The van der Waals surface area contributed by atoms with Gasteiger partial charge in [-0.15, -0.1) is 11.8 Å². The molecule has 3 rings (SSSR count). The van der Waals surface area contributed by atoms with Crippen LogP contribution >= 0.6 is 11.8 Å². The minimum atomic E-state index is -0.456. The van der Waals surface area contributed by atoms with Crippen LogP contribution in [0.1, 0.15) is 48.7 Å². The third kappa shape index (κ3) is 7.04. The van der Waals surface area contributed by atoms with Gasteiger partial charge in [0.25, 0.3) is 0 Å². The van der Waals surface area contributed by atoms with Crippen molar-refractivity contribution < 1.29 is 19.1 Å². The second-order valence-corrected chi connectivity index (χ2v) is 10.7. The zero-order valence-electron chi connectivity index (χ0n) is 21.5. The largest absolute Gasteiger partial charge is 0.496 e. The number of thioether (sulfide) groups is 1. The lowest BCUT2D eigenvalue weighted by Gasteiger charge is -2.29. The van der Waals surface area contributed by atoms with Gasteiger partial charge in [-0.3, -0.25) is 9.59 Å². The average molecular weight is 507 g/mol. The predicted molar refractivity (Wildman–Crippen MR) is 146 cm³/mol. The molecule has 0 radical (unpaired) electrons. The first-order valence-corrected chi connectivity index (χ1v) is 12.7. The zero-order valence-corrected chi connectivity index (χ0v) is 22.4. The molecule has 3 aromatic carbocycles. The molecule has 0 aliphatic heterocycles. The van der Waals surface area contributed by atoms with Crippen molar-refractivity contribution in [2.45, 2.75) is 44.4 Å². The van der Waals surface area contributed by atoms with E-state index in [1.165, 1.54) is 0 Å². The molecule has 2 N–H and O–H groups in total. The summed E-state index contributed by atoms with van der Waals surface area (Å²) in [7, 11) is 3.23. The Bertz CT molecular complexity index is 1200. The van der Waals surface area contributed by atoms with Gasteiger partial charge in [-0.25, -0.2) is 0 Å². The Labute approximate surface area is 217 Å². The van der Waals surface area contributed by atoms with Crippen LogP contribution in [-0.4, -0.2) is 26.0 Å². The van der Waals surface area contributed by atoms with Gasteiger partial charge >= 0.3 is 0 Å². The number of methoxy groups -OCH3 is 2. The van der Waals surface area contributed by atoms with Crippen molar-refractivity contribution in [2.75, 3.05) is 19.1 Å². The van der Waals surface area contributed by atoms with E-state index in [4.69, 9.17) is 15.2 Å². The van der Waals surface area contributed by atoms with Crippen molar-refractivity contribution in [1.82, 2.24) is 0 Å². The Balaban J connectivity index is 1.99. The molecule has 0 saturated heterocycles. The van der Waals surface area contributed by atoms with Gasteiger partial charge < -0.3 is 20.1 Å². The molecule has 6 nitrogen and oxygen atoms in total. The van der Waals surface area contributed by atoms with Crippen molar-refractivity contribution in [3.05, 3.63) is 83.4 Å². The second kappa shape index (κ2) is 12.0. The summed E-state index contributed by atoms with van der Waals surface area (Å²) >= 11 is 1.59. The number of hydrogen-bond donors (Lipinski definition) is 1. The molecule has 3 aromatic rings. The number of benzene rings is 3. The summed E-state index contributed by atoms with van der Waals surface area (Å²) in [4.78, 5) is 28.0. The van der Waals surface area contributed by atoms with Crippen LogP contribution in [-0.2, 0) is 17.1 Å². The average Bonchev–Trinajstić information content (AvgIpc) is 2.85. The maximum absolute atomic E-state index is 13.7. The first-order valence-electron chi connectivity index (χ1n) is 11.7. The molecule has 0 atom stereocenters. The highest BCUT2D eigenvalue weighted by atomic mass is 32.2. The number of amides is 2. The highest BCUT2D eigenvalue weighted by Gasteiger charge is 2.26. The number of rotatable bonds is 10. The van der Waals surface area contributed by atoms with Crippen LogP contribution in [0.3, 0.4) is 0 Å². The number of hydrogen-bond acceptors (Lipinski definition) is 5. The van der Waals surface area contributed by atoms with Gasteiger partial charge in [0, 0.05) is 28.3 Å². The van der Waals surface area contributed by atoms with Gasteiger partial charge in [0.1, 0.15) is 11.5 Å². The van der Waals surface area contributed by atoms with Gasteiger partial charge in [-0.1, -0.05) is 51.1 Å². The quantitative estimate of drug-likeness (QED) is 0.338. The van der Waals surface area contributed by atoms with E-state index in [9.17, 15) is 9.59 Å². The van der Waals surface area contributed by atoms with E-state index >= 15 is 0 Å². The number of anilines is 1. The number of para-hydroxylation sites is 1. The van der Waals surface area contributed by atoms with Crippen molar-refractivity contribution in [2.24, 2.45) is 11.1 Å². The maximum Gasteiger partial charge on any atom is 0.248 e. The Morgan fingerprint density at radius 3 is 2.17 bits per heavy atom. The molecule has 0 fully saturated rings. The molecule has 0 spiro atoms. The van der Waals surface area contributed by atoms with Crippen molar-refractivity contribution >= 4 is 29.3 Å². The summed E-state index contributed by atoms with van der Waals surface area (Å²) in [6.07, 6.45) is 0.382. The fourth-order valence-corrected chi connectivity index (χ4v) is 4.85. The first-order chi connectivity index (χ1) is 17.1. The summed E-state index contributed by atoms with van der Waals surface area (Å²) < 4.78 is 11.2. The SMILES string of the molecule is COc1cccc(OC)c1CN(C(=O)CC(C)(C)C)c1ccccc1CSc1cccc(C(N)=O)c1. The van der Waals surface area contributed by atoms with Gasteiger partial charge in [-0.2, -0.15) is 0 Å². The van der Waals surface area contributed by atoms with Crippen molar-refractivity contribution in [3.8, 4) is 11.5 Å². The predicted octanol–water partition coefficient (Wildman–Crippen LogP) is 6.06. The Morgan fingerprint density at radius 1 is 0.917 bits per heavy atom. The molecule has 0 bridgehead atoms. The molecule has 0 saturated carbocycles. The highest BCUT2D eigenvalue weighted by Crippen LogP contribution is 2.35. The molecule has 36 heavy (non-hydrogen) atoms. The lowest BCUT2D eigenvalue weighted by molar-refractivity contribution is -0.120. The van der Waals surface area contributed by atoms with E-state index in [1.807, 2.05) is 59.5 Å². The monoisotopic (exact) mass is 506 g/mol. The Kier molecular flexibility index (Phi) is 9.04. The molecular weight excluding hydrogens is 472 g/mol. The first kappa shape index (κ1) is 27.1. The fourth-order valence-electron chi connectivity index (χ4n) is 3.90. The molecule has 0 heterocycles. The number of carbonyl (C=O) groups is 2. The van der Waals surface area contributed by atoms with E-state index in [0.29, 0.717) is 35.8 Å². The summed E-state index contributed by atoms with van der Waals surface area (Å²) in [5.41, 5.74) is 8.38. The van der Waals surface area contributed by atoms with Gasteiger partial charge in [0.05, 0.1) is 26.3 Å². The van der Waals surface area contributed by atoms with E-state index < -0.39 is 5.91 Å². The van der Waals surface area contributed by atoms with E-state index in [0.717, 1.165) is 21.7 Å². The molecular formula is C29H34N2O4S. The standard InChI is InChI=1S/C29H34N2O4S/c1-29(2,3)17-27(32)31(18-23-25(34-4)14-9-15-26(23)35-5)24-13-7-6-10-21(24)19-36-22-12-8-11-20(16-22)28(30)33/h6-16H,17-19H2,1-5H3,(H2,30,33). The Hall–Kier alpha value is -3.45. The molecule has 7 heteroatoms. The number of primary amides is 1. The smallest absolute Gasteiger partial charge is 0.248 e. The lowest BCUT2D eigenvalue weighted by Crippen LogP contribution is -2.34. The van der Waals surface area contributed by atoms with Crippen LogP contribution in [0.25, 0.3) is 0 Å². The van der Waals surface area contributed by atoms with Gasteiger partial charge in [0.2, 0.25) is 11.8 Å². The second-order valence-electron chi connectivity index (χ2n) is 9.67. The molecule has 0 aromatic heterocycles. The van der Waals surface area contributed by atoms with Gasteiger partial charge in [-0.05, 0) is 47.4 Å². The molecule has 0 aliphatic carbocycles. The van der Waals surface area contributed by atoms with Crippen LogP contribution < -0.4 is 20.1 Å². The Morgan fingerprint density at radius 2 is 1.56 bits per heavy atom. The minimum Gasteiger partial charge on any atom is -0.496 e. The summed E-state index contributed by atoms with van der Waals surface area (Å²) in [6.45, 7) is 6.47. The van der Waals surface area contributed by atoms with E-state index in [2.05, 4.69) is 20.8 Å². The molecule has 2 amide bonds. The fraction of sp³-hybridized carbons (Fsp3) is 0.310. The van der Waals surface area contributed by atoms with E-state index in [-0.39, 0.29) is 11.3 Å². The number of nitrogens with two attached hydrogens (primary N) is 1. The van der Waals surface area contributed by atoms with Crippen LogP contribution in [0.15, 0.2) is 71.6 Å². The van der Waals surface area contributed by atoms with Crippen LogP contribution in [0, 0.1) is 5.41 Å². The third-order valence-electron chi connectivity index (χ3n) is 5.62. The van der Waals surface area contributed by atoms with Crippen LogP contribution in [0.2, 0.25) is 0 Å². The molecule has 0 aliphatic rings. The number of ether oxygens (including phenoxy) is 2. The maximum atomic E-state index is 13.7. The number of carbonyl (C=O) groups excluding carboxylic acids is 2. The van der Waals surface area contributed by atoms with E-state index in [1.54, 1.807) is 38.1 Å². The molecule has 0 unspecified atom stereocenters. The summed E-state index contributed by atoms with van der Waals surface area (Å²) in [6, 6.07) is 20.8. The third-order valence-corrected chi connectivity index (χ3v) is 6.67. The van der Waals surface area contributed by atoms with Crippen LogP contribution in [0.5, 0.6) is 11.5 Å². The summed E-state index contributed by atoms with van der Waals surface area (Å²) in [5, 5.41) is 0. The van der Waals surface area contributed by atoms with Crippen LogP contribution in [0.4, 0.5) is 5.69 Å². The highest BCUT2D eigenvalue weighted by molar-refractivity contribution is 7.98. The lowest BCUT2D eigenvalue weighted by atomic mass is 9.91. The van der Waals surface area contributed by atoms with Crippen molar-refractivity contribution in [3.63, 3.8) is 0 Å². The normalized spacial score (nSPS) is 11.1. The number of nitrogens with zero attached hydrogens (tertiary/aromatic N) is 1. The minimum absolute atomic E-state index is 0.0173. The topological polar surface area (TPSA) is 81.9 Å². The zero-order chi connectivity index (χ0) is 26.3. The van der Waals surface area contributed by atoms with Gasteiger partial charge in [0.15, 0.2) is 0 Å². The van der Waals surface area contributed by atoms with Crippen molar-refractivity contribution in [1.29, 1.82) is 0 Å². The summed E-state index contributed by atoms with van der Waals surface area (Å²) in [5.74, 6) is 1.50. The molecule has 190 valence electrons.